The van der Waals surface area contributed by atoms with Crippen LogP contribution in [-0.2, 0) is 0 Å². The van der Waals surface area contributed by atoms with E-state index in [-0.39, 0.29) is 6.04 Å². The van der Waals surface area contributed by atoms with Gasteiger partial charge in [-0.2, -0.15) is 11.8 Å². The van der Waals surface area contributed by atoms with E-state index in [2.05, 4.69) is 19.2 Å². The van der Waals surface area contributed by atoms with Gasteiger partial charge in [-0.15, -0.1) is 0 Å². The molecule has 0 amide bonds. The van der Waals surface area contributed by atoms with Gasteiger partial charge in [-0.3, -0.25) is 0 Å². The van der Waals surface area contributed by atoms with Crippen LogP contribution in [0.1, 0.15) is 31.9 Å². The molecule has 0 bridgehead atoms. The zero-order valence-electron chi connectivity index (χ0n) is 10.0. The number of hydrogen-bond acceptors (Lipinski definition) is 2. The summed E-state index contributed by atoms with van der Waals surface area (Å²) in [5, 5.41) is 5.78. The molecular weight excluding hydrogens is 273 g/mol. The molecule has 1 fully saturated rings. The van der Waals surface area contributed by atoms with Crippen molar-refractivity contribution in [3.8, 4) is 0 Å². The lowest BCUT2D eigenvalue weighted by molar-refractivity contribution is 0.454. The minimum Gasteiger partial charge on any atom is -0.306 e. The predicted molar refractivity (Wildman–Crippen MR) is 78.3 cm³/mol. The molecule has 1 nitrogen and oxygen atoms in total. The van der Waals surface area contributed by atoms with Gasteiger partial charge in [0.05, 0.1) is 0 Å². The Morgan fingerprint density at radius 2 is 2.18 bits per heavy atom. The monoisotopic (exact) mass is 289 g/mol. The first-order valence-electron chi connectivity index (χ1n) is 5.90. The molecule has 1 saturated heterocycles. The third-order valence-corrected chi connectivity index (χ3v) is 5.16. The molecular formula is C13H17Cl2NS. The summed E-state index contributed by atoms with van der Waals surface area (Å²) < 4.78 is 0. The molecule has 1 aromatic carbocycles. The second-order valence-corrected chi connectivity index (χ2v) is 6.85. The van der Waals surface area contributed by atoms with Crippen LogP contribution in [0.5, 0.6) is 0 Å². The summed E-state index contributed by atoms with van der Waals surface area (Å²) in [5.74, 6) is 1.25. The van der Waals surface area contributed by atoms with Gasteiger partial charge in [0.15, 0.2) is 0 Å². The van der Waals surface area contributed by atoms with Gasteiger partial charge in [0, 0.05) is 27.4 Å². The molecule has 2 rings (SSSR count). The second kappa shape index (κ2) is 5.83. The molecule has 1 aliphatic rings. The molecule has 0 radical (unpaired) electrons. The fraction of sp³-hybridized carbons (Fsp3) is 0.538. The number of halogens is 2. The van der Waals surface area contributed by atoms with E-state index in [4.69, 9.17) is 23.2 Å². The number of nitrogens with one attached hydrogen (secondary N) is 1. The summed E-state index contributed by atoms with van der Waals surface area (Å²) in [7, 11) is 0. The summed E-state index contributed by atoms with van der Waals surface area (Å²) in [6.07, 6.45) is 1.24. The fourth-order valence-corrected chi connectivity index (χ4v) is 4.00. The van der Waals surface area contributed by atoms with Crippen molar-refractivity contribution in [1.29, 1.82) is 0 Å². The smallest absolute Gasteiger partial charge is 0.0468 e. The summed E-state index contributed by atoms with van der Waals surface area (Å²) in [6.45, 7) is 4.44. The average Bonchev–Trinajstić information content (AvgIpc) is 2.64. The lowest BCUT2D eigenvalue weighted by Crippen LogP contribution is -2.35. The van der Waals surface area contributed by atoms with E-state index in [0.29, 0.717) is 16.3 Å². The molecule has 1 N–H and O–H groups in total. The summed E-state index contributed by atoms with van der Waals surface area (Å²) in [4.78, 5) is 0. The van der Waals surface area contributed by atoms with Crippen molar-refractivity contribution in [2.75, 3.05) is 5.75 Å². The Morgan fingerprint density at radius 3 is 2.76 bits per heavy atom. The predicted octanol–water partition coefficient (Wildman–Crippen LogP) is 4.54. The minimum atomic E-state index is 0.269. The first-order chi connectivity index (χ1) is 8.08. The number of thioether (sulfide) groups is 1. The van der Waals surface area contributed by atoms with Gasteiger partial charge in [-0.25, -0.2) is 0 Å². The van der Waals surface area contributed by atoms with E-state index in [1.165, 1.54) is 12.2 Å². The fourth-order valence-electron chi connectivity index (χ4n) is 2.21. The first kappa shape index (κ1) is 13.5. The zero-order chi connectivity index (χ0) is 12.4. The van der Waals surface area contributed by atoms with Crippen LogP contribution in [0, 0.1) is 0 Å². The molecule has 3 atom stereocenters. The van der Waals surface area contributed by atoms with E-state index in [1.807, 2.05) is 30.0 Å². The minimum absolute atomic E-state index is 0.269. The van der Waals surface area contributed by atoms with E-state index < -0.39 is 0 Å². The maximum Gasteiger partial charge on any atom is 0.0468 e. The van der Waals surface area contributed by atoms with Crippen molar-refractivity contribution in [2.45, 2.75) is 37.6 Å². The molecule has 17 heavy (non-hydrogen) atoms. The van der Waals surface area contributed by atoms with Crippen LogP contribution in [0.15, 0.2) is 18.2 Å². The molecule has 0 saturated carbocycles. The Hall–Kier alpha value is 0.110. The van der Waals surface area contributed by atoms with Gasteiger partial charge in [-0.1, -0.05) is 36.2 Å². The van der Waals surface area contributed by atoms with Gasteiger partial charge in [-0.05, 0) is 36.8 Å². The largest absolute Gasteiger partial charge is 0.306 e. The quantitative estimate of drug-likeness (QED) is 0.877. The summed E-state index contributed by atoms with van der Waals surface area (Å²) >= 11 is 14.2. The Labute approximate surface area is 117 Å². The van der Waals surface area contributed by atoms with Gasteiger partial charge in [0.2, 0.25) is 0 Å². The molecule has 4 heteroatoms. The molecule has 1 heterocycles. The normalized spacial score (nSPS) is 26.1. The highest BCUT2D eigenvalue weighted by molar-refractivity contribution is 8.00. The molecule has 0 aliphatic carbocycles. The second-order valence-electron chi connectivity index (χ2n) is 4.53. The number of benzene rings is 1. The van der Waals surface area contributed by atoms with E-state index in [9.17, 15) is 0 Å². The van der Waals surface area contributed by atoms with E-state index in [1.54, 1.807) is 0 Å². The van der Waals surface area contributed by atoms with Crippen molar-refractivity contribution in [3.63, 3.8) is 0 Å². The topological polar surface area (TPSA) is 12.0 Å². The van der Waals surface area contributed by atoms with Crippen molar-refractivity contribution in [2.24, 2.45) is 0 Å². The third-order valence-electron chi connectivity index (χ3n) is 3.27. The molecule has 1 aliphatic heterocycles. The molecule has 1 aromatic rings. The first-order valence-corrected chi connectivity index (χ1v) is 7.71. The molecule has 3 unspecified atom stereocenters. The van der Waals surface area contributed by atoms with Crippen LogP contribution in [-0.4, -0.2) is 17.0 Å². The summed E-state index contributed by atoms with van der Waals surface area (Å²) in [6, 6.07) is 6.57. The lowest BCUT2D eigenvalue weighted by atomic mass is 10.1. The number of hydrogen-bond donors (Lipinski definition) is 1. The van der Waals surface area contributed by atoms with Crippen LogP contribution in [0.3, 0.4) is 0 Å². The van der Waals surface area contributed by atoms with Crippen molar-refractivity contribution in [1.82, 2.24) is 5.32 Å². The van der Waals surface area contributed by atoms with Crippen LogP contribution in [0.2, 0.25) is 10.0 Å². The number of rotatable bonds is 3. The summed E-state index contributed by atoms with van der Waals surface area (Å²) in [5.41, 5.74) is 1.13. The van der Waals surface area contributed by atoms with Crippen molar-refractivity contribution in [3.05, 3.63) is 33.8 Å². The average molecular weight is 290 g/mol. The van der Waals surface area contributed by atoms with Gasteiger partial charge < -0.3 is 5.32 Å². The van der Waals surface area contributed by atoms with Crippen LogP contribution >= 0.6 is 35.0 Å². The maximum atomic E-state index is 6.22. The zero-order valence-corrected chi connectivity index (χ0v) is 12.4. The van der Waals surface area contributed by atoms with Crippen LogP contribution < -0.4 is 5.32 Å². The highest BCUT2D eigenvalue weighted by Gasteiger charge is 2.25. The van der Waals surface area contributed by atoms with Gasteiger partial charge in [0.1, 0.15) is 0 Å². The highest BCUT2D eigenvalue weighted by atomic mass is 35.5. The maximum absolute atomic E-state index is 6.22. The highest BCUT2D eigenvalue weighted by Crippen LogP contribution is 2.30. The SMILES string of the molecule is CC(NC1CCSC1C)c1ccc(Cl)cc1Cl. The van der Waals surface area contributed by atoms with Crippen molar-refractivity contribution >= 4 is 35.0 Å². The van der Waals surface area contributed by atoms with Crippen LogP contribution in [0.4, 0.5) is 0 Å². The van der Waals surface area contributed by atoms with E-state index >= 15 is 0 Å². The molecule has 0 aromatic heterocycles. The molecule has 94 valence electrons. The Balaban J connectivity index is 2.06. The van der Waals surface area contributed by atoms with Gasteiger partial charge >= 0.3 is 0 Å². The van der Waals surface area contributed by atoms with Crippen LogP contribution in [0.25, 0.3) is 0 Å². The Bertz CT molecular complexity index is 397. The van der Waals surface area contributed by atoms with Crippen molar-refractivity contribution < 1.29 is 0 Å². The molecule has 0 spiro atoms. The lowest BCUT2D eigenvalue weighted by Gasteiger charge is -2.23. The van der Waals surface area contributed by atoms with E-state index in [0.717, 1.165) is 10.6 Å². The Morgan fingerprint density at radius 1 is 1.41 bits per heavy atom. The standard InChI is InChI=1S/C13H17Cl2NS/c1-8(16-13-5-6-17-9(13)2)11-4-3-10(14)7-12(11)15/h3-4,7-9,13,16H,5-6H2,1-2H3. The van der Waals surface area contributed by atoms with Gasteiger partial charge in [0.25, 0.3) is 0 Å². The third kappa shape index (κ3) is 3.31. The Kier molecular flexibility index (Phi) is 4.65.